The number of aliphatic hydroxyl groups excluding tert-OH is 1. The van der Waals surface area contributed by atoms with Gasteiger partial charge in [0.15, 0.2) is 12.2 Å². The minimum Gasteiger partial charge on any atom is -0.462 e. The number of hydrogen-bond donors (Lipinski definition) is 3. The highest BCUT2D eigenvalue weighted by Gasteiger charge is 2.30. The fourth-order valence-electron chi connectivity index (χ4n) is 12.9. The van der Waals surface area contributed by atoms with Gasteiger partial charge in [0.1, 0.15) is 19.3 Å². The number of phosphoric ester groups is 2. The van der Waals surface area contributed by atoms with Gasteiger partial charge < -0.3 is 33.8 Å². The third kappa shape index (κ3) is 76.3. The van der Waals surface area contributed by atoms with E-state index in [1.54, 1.807) is 0 Å². The van der Waals surface area contributed by atoms with Crippen molar-refractivity contribution in [2.45, 2.75) is 458 Å². The zero-order valence-electron chi connectivity index (χ0n) is 66.9. The molecule has 2 unspecified atom stereocenters. The van der Waals surface area contributed by atoms with Gasteiger partial charge in [-0.1, -0.05) is 388 Å². The minimum atomic E-state index is -4.96. The Kier molecular flexibility index (Phi) is 73.1. The van der Waals surface area contributed by atoms with E-state index in [2.05, 4.69) is 41.5 Å². The van der Waals surface area contributed by atoms with E-state index in [4.69, 9.17) is 37.0 Å². The van der Waals surface area contributed by atoms with E-state index in [1.165, 1.54) is 257 Å². The fourth-order valence-corrected chi connectivity index (χ4v) is 14.5. The highest BCUT2D eigenvalue weighted by molar-refractivity contribution is 7.47. The van der Waals surface area contributed by atoms with Gasteiger partial charge >= 0.3 is 39.5 Å². The predicted molar refractivity (Wildman–Crippen MR) is 418 cm³/mol. The molecule has 0 rings (SSSR count). The maximum absolute atomic E-state index is 13.1. The number of aliphatic hydroxyl groups is 1. The van der Waals surface area contributed by atoms with Crippen molar-refractivity contribution >= 4 is 39.5 Å². The summed E-state index contributed by atoms with van der Waals surface area (Å²) in [6.07, 6.45) is 65.2. The predicted octanol–water partition coefficient (Wildman–Crippen LogP) is 25.1. The standard InChI is InChI=1S/C83H162O17P2/c1-7-9-11-13-15-17-19-20-21-22-23-24-25-26-27-32-36-43-49-55-61-67-82(87)99-78(72-94-81(86)66-60-54-48-42-35-31-29-28-30-34-39-45-51-57-63-75(3)4)73-97-101(89,90)95-69-77(84)70-96-102(91,92)98-74-79(71-93-80(85)65-59-53-47-41-33-18-16-14-12-10-8-2)100-83(88)68-62-56-50-44-38-37-40-46-52-58-64-76(5)6/h75-79,84H,7-74H2,1-6H3,(H,89,90)(H,91,92)/t77-,78-,79-/m1/s1. The van der Waals surface area contributed by atoms with Crippen molar-refractivity contribution in [1.82, 2.24) is 0 Å². The molecule has 19 heteroatoms. The Bertz CT molecular complexity index is 1960. The van der Waals surface area contributed by atoms with Gasteiger partial charge in [-0.25, -0.2) is 9.13 Å². The van der Waals surface area contributed by atoms with Gasteiger partial charge in [-0.05, 0) is 37.5 Å². The van der Waals surface area contributed by atoms with Crippen molar-refractivity contribution in [3.63, 3.8) is 0 Å². The summed E-state index contributed by atoms with van der Waals surface area (Å²) in [7, 11) is -9.92. The van der Waals surface area contributed by atoms with Crippen molar-refractivity contribution in [3.05, 3.63) is 0 Å². The highest BCUT2D eigenvalue weighted by atomic mass is 31.2. The number of unbranched alkanes of at least 4 members (excludes halogenated alkanes) is 52. The summed E-state index contributed by atoms with van der Waals surface area (Å²) in [6.45, 7) is 9.66. The minimum absolute atomic E-state index is 0.106. The summed E-state index contributed by atoms with van der Waals surface area (Å²) in [5, 5.41) is 10.7. The van der Waals surface area contributed by atoms with Crippen LogP contribution < -0.4 is 0 Å². The molecule has 0 saturated carbocycles. The summed E-state index contributed by atoms with van der Waals surface area (Å²) in [5.74, 6) is -0.555. The largest absolute Gasteiger partial charge is 0.472 e. The maximum Gasteiger partial charge on any atom is 0.472 e. The zero-order chi connectivity index (χ0) is 74.9. The first-order chi connectivity index (χ1) is 49.4. The van der Waals surface area contributed by atoms with Crippen LogP contribution in [0.2, 0.25) is 0 Å². The number of rotatable bonds is 82. The van der Waals surface area contributed by atoms with Gasteiger partial charge in [0, 0.05) is 25.7 Å². The summed E-state index contributed by atoms with van der Waals surface area (Å²) < 4.78 is 68.8. The summed E-state index contributed by atoms with van der Waals surface area (Å²) in [5.41, 5.74) is 0. The molecule has 0 heterocycles. The average molecular weight is 1490 g/mol. The lowest BCUT2D eigenvalue weighted by Crippen LogP contribution is -2.30. The third-order valence-electron chi connectivity index (χ3n) is 19.5. The van der Waals surface area contributed by atoms with E-state index >= 15 is 0 Å². The van der Waals surface area contributed by atoms with Gasteiger partial charge in [-0.3, -0.25) is 37.3 Å². The number of carbonyl (C=O) groups excluding carboxylic acids is 4. The highest BCUT2D eigenvalue weighted by Crippen LogP contribution is 2.45. The molecule has 0 fully saturated rings. The van der Waals surface area contributed by atoms with Gasteiger partial charge in [-0.2, -0.15) is 0 Å². The Morgan fingerprint density at radius 2 is 0.451 bits per heavy atom. The van der Waals surface area contributed by atoms with Crippen LogP contribution in [0.3, 0.4) is 0 Å². The molecule has 0 radical (unpaired) electrons. The number of hydrogen-bond acceptors (Lipinski definition) is 15. The zero-order valence-corrected chi connectivity index (χ0v) is 68.7. The Balaban J connectivity index is 5.23. The Morgan fingerprint density at radius 1 is 0.265 bits per heavy atom. The lowest BCUT2D eigenvalue weighted by atomic mass is 10.0. The van der Waals surface area contributed by atoms with Crippen LogP contribution in [0.15, 0.2) is 0 Å². The molecule has 0 aliphatic heterocycles. The van der Waals surface area contributed by atoms with E-state index in [9.17, 15) is 43.2 Å². The molecule has 0 aromatic heterocycles. The molecule has 102 heavy (non-hydrogen) atoms. The van der Waals surface area contributed by atoms with Crippen molar-refractivity contribution in [2.75, 3.05) is 39.6 Å². The van der Waals surface area contributed by atoms with Crippen molar-refractivity contribution in [2.24, 2.45) is 11.8 Å². The van der Waals surface area contributed by atoms with Crippen LogP contribution in [0, 0.1) is 11.8 Å². The van der Waals surface area contributed by atoms with Gasteiger partial charge in [0.25, 0.3) is 0 Å². The quantitative estimate of drug-likeness (QED) is 0.0222. The second kappa shape index (κ2) is 74.5. The normalized spacial score (nSPS) is 13.9. The summed E-state index contributed by atoms with van der Waals surface area (Å²) in [4.78, 5) is 73.1. The van der Waals surface area contributed by atoms with Gasteiger partial charge in [0.2, 0.25) is 0 Å². The molecule has 5 atom stereocenters. The van der Waals surface area contributed by atoms with E-state index in [0.29, 0.717) is 25.7 Å². The lowest BCUT2D eigenvalue weighted by Gasteiger charge is -2.21. The summed E-state index contributed by atoms with van der Waals surface area (Å²) >= 11 is 0. The van der Waals surface area contributed by atoms with E-state index in [-0.39, 0.29) is 25.7 Å². The topological polar surface area (TPSA) is 237 Å². The van der Waals surface area contributed by atoms with Crippen LogP contribution in [0.4, 0.5) is 0 Å². The number of ether oxygens (including phenoxy) is 4. The molecule has 3 N–H and O–H groups in total. The maximum atomic E-state index is 13.1. The van der Waals surface area contributed by atoms with Crippen LogP contribution in [-0.4, -0.2) is 96.7 Å². The van der Waals surface area contributed by atoms with Crippen LogP contribution in [0.25, 0.3) is 0 Å². The first-order valence-electron chi connectivity index (χ1n) is 43.0. The van der Waals surface area contributed by atoms with Gasteiger partial charge in [-0.15, -0.1) is 0 Å². The molecule has 0 spiro atoms. The van der Waals surface area contributed by atoms with Crippen molar-refractivity contribution in [1.29, 1.82) is 0 Å². The van der Waals surface area contributed by atoms with E-state index in [0.717, 1.165) is 102 Å². The molecular formula is C83H162O17P2. The number of esters is 4. The van der Waals surface area contributed by atoms with Crippen molar-refractivity contribution < 1.29 is 80.2 Å². The Hall–Kier alpha value is -1.94. The second-order valence-corrected chi connectivity index (χ2v) is 33.7. The number of phosphoric acid groups is 2. The van der Waals surface area contributed by atoms with Crippen LogP contribution in [-0.2, 0) is 65.4 Å². The summed E-state index contributed by atoms with van der Waals surface area (Å²) in [6, 6.07) is 0. The first-order valence-corrected chi connectivity index (χ1v) is 46.0. The Morgan fingerprint density at radius 3 is 0.667 bits per heavy atom. The number of carbonyl (C=O) groups is 4. The van der Waals surface area contributed by atoms with Crippen LogP contribution in [0.5, 0.6) is 0 Å². The molecule has 606 valence electrons. The molecular weight excluding hydrogens is 1330 g/mol. The first kappa shape index (κ1) is 100. The molecule has 0 aliphatic rings. The van der Waals surface area contributed by atoms with Crippen LogP contribution >= 0.6 is 15.6 Å². The van der Waals surface area contributed by atoms with E-state index < -0.39 is 97.5 Å². The monoisotopic (exact) mass is 1490 g/mol. The molecule has 0 aromatic carbocycles. The smallest absolute Gasteiger partial charge is 0.462 e. The van der Waals surface area contributed by atoms with E-state index in [1.807, 2.05) is 0 Å². The molecule has 0 amide bonds. The third-order valence-corrected chi connectivity index (χ3v) is 21.4. The van der Waals surface area contributed by atoms with Crippen molar-refractivity contribution in [3.8, 4) is 0 Å². The van der Waals surface area contributed by atoms with Crippen LogP contribution in [0.1, 0.15) is 440 Å². The molecule has 0 aliphatic carbocycles. The molecule has 0 aromatic rings. The average Bonchev–Trinajstić information content (AvgIpc) is 0.968. The molecule has 0 bridgehead atoms. The Labute approximate surface area is 626 Å². The van der Waals surface area contributed by atoms with Gasteiger partial charge in [0.05, 0.1) is 26.4 Å². The molecule has 0 saturated heterocycles. The SMILES string of the molecule is CCCCCCCCCCCCCCCCCCCCCCCC(=O)O[C@H](COC(=O)CCCCCCCCCCCCCCCCC(C)C)COP(=O)(O)OC[C@@H](O)COP(=O)(O)OC[C@@H](COC(=O)CCCCCCCCCCCCC)OC(=O)CCCCCCCCCCCCC(C)C. The lowest BCUT2D eigenvalue weighted by molar-refractivity contribution is -0.161. The fraction of sp³-hybridized carbons (Fsp3) is 0.952. The molecule has 17 nitrogen and oxygen atoms in total. The second-order valence-electron chi connectivity index (χ2n) is 30.8.